The zero-order valence-corrected chi connectivity index (χ0v) is 11.7. The van der Waals surface area contributed by atoms with E-state index >= 15 is 0 Å². The summed E-state index contributed by atoms with van der Waals surface area (Å²) in [5, 5.41) is 29.3. The number of aliphatic hydroxyl groups is 3. The Morgan fingerprint density at radius 3 is 2.86 bits per heavy atom. The van der Waals surface area contributed by atoms with Gasteiger partial charge in [-0.3, -0.25) is 16.5 Å². The maximum atomic E-state index is 10.1. The number of hydrogen-bond donors (Lipinski definition) is 6. The quantitative estimate of drug-likeness (QED) is 0.174. The molecule has 0 bridgehead atoms. The van der Waals surface area contributed by atoms with Gasteiger partial charge in [-0.1, -0.05) is 11.6 Å². The first-order valence-electron chi connectivity index (χ1n) is 6.38. The highest BCUT2D eigenvalue weighted by molar-refractivity contribution is 6.55. The van der Waals surface area contributed by atoms with Crippen molar-refractivity contribution in [1.29, 1.82) is 0 Å². The molecule has 21 heavy (non-hydrogen) atoms. The normalized spacial score (nSPS) is 41.8. The van der Waals surface area contributed by atoms with Crippen LogP contribution in [0.3, 0.4) is 0 Å². The van der Waals surface area contributed by atoms with Gasteiger partial charge in [-0.2, -0.15) is 0 Å². The van der Waals surface area contributed by atoms with E-state index in [0.29, 0.717) is 0 Å². The highest BCUT2D eigenvalue weighted by Crippen LogP contribution is 2.30. The van der Waals surface area contributed by atoms with Crippen molar-refractivity contribution in [2.75, 3.05) is 13.3 Å². The third-order valence-corrected chi connectivity index (χ3v) is 3.84. The third kappa shape index (κ3) is 2.53. The van der Waals surface area contributed by atoms with E-state index in [9.17, 15) is 10.2 Å². The standard InChI is InChI=1S/C10H17ClN6O4/c11-9(20)7-8(15-10(12,13)16-9)17(3-14-7)6-1-4(19)5(2-18)21-6/h4-6,16,18-20H,1-3,12-13H2/t4-,5+,6+,9?/m0/s1. The first kappa shape index (κ1) is 15.1. The van der Waals surface area contributed by atoms with Crippen molar-refractivity contribution in [1.82, 2.24) is 10.2 Å². The average molecular weight is 321 g/mol. The minimum Gasteiger partial charge on any atom is -0.394 e. The van der Waals surface area contributed by atoms with E-state index in [4.69, 9.17) is 32.9 Å². The lowest BCUT2D eigenvalue weighted by Crippen LogP contribution is -2.73. The molecular formula is C10H17ClN6O4. The first-order valence-corrected chi connectivity index (χ1v) is 6.76. The number of nitrogens with one attached hydrogen (secondary N) is 1. The van der Waals surface area contributed by atoms with Crippen LogP contribution in [0.25, 0.3) is 0 Å². The Labute approximate surface area is 125 Å². The Morgan fingerprint density at radius 1 is 1.52 bits per heavy atom. The third-order valence-electron chi connectivity index (χ3n) is 3.57. The summed E-state index contributed by atoms with van der Waals surface area (Å²) in [6.07, 6.45) is -1.80. The Kier molecular flexibility index (Phi) is 3.46. The number of alkyl halides is 1. The van der Waals surface area contributed by atoms with E-state index in [1.165, 1.54) is 0 Å². The molecule has 1 unspecified atom stereocenters. The van der Waals surface area contributed by atoms with Crippen LogP contribution >= 0.6 is 11.6 Å². The lowest BCUT2D eigenvalue weighted by molar-refractivity contribution is -0.0564. The van der Waals surface area contributed by atoms with Crippen molar-refractivity contribution in [3.63, 3.8) is 0 Å². The van der Waals surface area contributed by atoms with Crippen LogP contribution in [0.1, 0.15) is 6.42 Å². The summed E-state index contributed by atoms with van der Waals surface area (Å²) in [6.45, 7) is -0.180. The number of nitrogens with zero attached hydrogens (tertiary/aromatic N) is 3. The van der Waals surface area contributed by atoms with E-state index in [-0.39, 0.29) is 31.2 Å². The smallest absolute Gasteiger partial charge is 0.245 e. The van der Waals surface area contributed by atoms with Gasteiger partial charge in [0, 0.05) is 6.42 Å². The maximum Gasteiger partial charge on any atom is 0.245 e. The predicted octanol–water partition coefficient (Wildman–Crippen LogP) is -3.42. The Hall–Kier alpha value is -0.850. The molecule has 10 nitrogen and oxygen atoms in total. The van der Waals surface area contributed by atoms with Crippen molar-refractivity contribution >= 4 is 23.1 Å². The summed E-state index contributed by atoms with van der Waals surface area (Å²) >= 11 is 5.93. The number of rotatable bonds is 2. The van der Waals surface area contributed by atoms with Crippen LogP contribution in [0.2, 0.25) is 0 Å². The topological polar surface area (TPSA) is 162 Å². The largest absolute Gasteiger partial charge is 0.394 e. The maximum absolute atomic E-state index is 10.1. The average Bonchev–Trinajstić information content (AvgIpc) is 2.90. The summed E-state index contributed by atoms with van der Waals surface area (Å²) in [5.41, 5.74) is 11.4. The second kappa shape index (κ2) is 4.83. The Bertz CT molecular complexity index is 510. The van der Waals surface area contributed by atoms with Crippen LogP contribution in [0, 0.1) is 0 Å². The van der Waals surface area contributed by atoms with Crippen LogP contribution in [-0.2, 0) is 4.74 Å². The molecule has 3 aliphatic heterocycles. The Balaban J connectivity index is 1.87. The molecule has 3 heterocycles. The SMILES string of the molecule is NC1(N)N=C2C(=NCN2[C@H]2C[C@H](O)[C@@H](CO)O2)C(O)(Cl)N1. The zero-order chi connectivity index (χ0) is 15.4. The fourth-order valence-electron chi connectivity index (χ4n) is 2.62. The first-order chi connectivity index (χ1) is 9.73. The summed E-state index contributed by atoms with van der Waals surface area (Å²) in [7, 11) is 0. The van der Waals surface area contributed by atoms with Crippen molar-refractivity contribution in [2.45, 2.75) is 36.0 Å². The monoisotopic (exact) mass is 320 g/mol. The highest BCUT2D eigenvalue weighted by atomic mass is 35.5. The van der Waals surface area contributed by atoms with Crippen LogP contribution in [0.5, 0.6) is 0 Å². The highest BCUT2D eigenvalue weighted by Gasteiger charge is 2.51. The summed E-state index contributed by atoms with van der Waals surface area (Å²) in [4.78, 5) is 9.75. The molecule has 0 aromatic rings. The molecule has 118 valence electrons. The predicted molar refractivity (Wildman–Crippen MR) is 73.0 cm³/mol. The van der Waals surface area contributed by atoms with Gasteiger partial charge in [-0.15, -0.1) is 0 Å². The summed E-state index contributed by atoms with van der Waals surface area (Å²) in [6, 6.07) is 0. The number of nitrogens with two attached hydrogens (primary N) is 2. The molecule has 0 aromatic heterocycles. The fraction of sp³-hybridized carbons (Fsp3) is 0.800. The number of amidine groups is 1. The van der Waals surface area contributed by atoms with Crippen LogP contribution in [0.4, 0.5) is 0 Å². The van der Waals surface area contributed by atoms with Crippen molar-refractivity contribution < 1.29 is 20.1 Å². The minimum atomic E-state index is -2.04. The lowest BCUT2D eigenvalue weighted by atomic mass is 10.1. The molecular weight excluding hydrogens is 304 g/mol. The Morgan fingerprint density at radius 2 is 2.24 bits per heavy atom. The van der Waals surface area contributed by atoms with Gasteiger partial charge in [0.1, 0.15) is 24.7 Å². The van der Waals surface area contributed by atoms with Gasteiger partial charge >= 0.3 is 0 Å². The molecule has 11 heteroatoms. The van der Waals surface area contributed by atoms with Gasteiger partial charge in [0.05, 0.1) is 12.7 Å². The van der Waals surface area contributed by atoms with Crippen molar-refractivity contribution in [2.24, 2.45) is 21.5 Å². The number of aliphatic hydroxyl groups excluding tert-OH is 2. The number of hydrogen-bond acceptors (Lipinski definition) is 10. The molecule has 0 saturated carbocycles. The number of fused-ring (bicyclic) bond motifs is 1. The molecule has 3 rings (SSSR count). The van der Waals surface area contributed by atoms with E-state index in [2.05, 4.69) is 15.3 Å². The van der Waals surface area contributed by atoms with Gasteiger partial charge in [-0.25, -0.2) is 10.3 Å². The van der Waals surface area contributed by atoms with Gasteiger partial charge in [-0.05, 0) is 0 Å². The van der Waals surface area contributed by atoms with E-state index in [1.807, 2.05) is 0 Å². The lowest BCUT2D eigenvalue weighted by Gasteiger charge is -2.37. The second-order valence-electron chi connectivity index (χ2n) is 5.24. The fourth-order valence-corrected chi connectivity index (χ4v) is 2.91. The molecule has 0 amide bonds. The van der Waals surface area contributed by atoms with E-state index in [1.54, 1.807) is 4.90 Å². The molecule has 4 atom stereocenters. The molecule has 8 N–H and O–H groups in total. The van der Waals surface area contributed by atoms with Crippen molar-refractivity contribution in [3.05, 3.63) is 0 Å². The molecule has 0 spiro atoms. The van der Waals surface area contributed by atoms with Crippen LogP contribution in [0.15, 0.2) is 9.98 Å². The van der Waals surface area contributed by atoms with Gasteiger partial charge in [0.2, 0.25) is 11.1 Å². The number of halogens is 1. The molecule has 0 radical (unpaired) electrons. The van der Waals surface area contributed by atoms with Gasteiger partial charge in [0.25, 0.3) is 0 Å². The van der Waals surface area contributed by atoms with E-state index in [0.717, 1.165) is 0 Å². The minimum absolute atomic E-state index is 0.0845. The van der Waals surface area contributed by atoms with Crippen molar-refractivity contribution in [3.8, 4) is 0 Å². The summed E-state index contributed by atoms with van der Waals surface area (Å²) in [5.74, 6) is -1.56. The molecule has 0 aliphatic carbocycles. The number of ether oxygens (including phenoxy) is 1. The molecule has 1 saturated heterocycles. The van der Waals surface area contributed by atoms with Crippen LogP contribution < -0.4 is 16.8 Å². The second-order valence-corrected chi connectivity index (χ2v) is 5.79. The van der Waals surface area contributed by atoms with Gasteiger partial charge in [0.15, 0.2) is 5.84 Å². The summed E-state index contributed by atoms with van der Waals surface area (Å²) < 4.78 is 5.54. The molecule has 3 aliphatic rings. The van der Waals surface area contributed by atoms with Gasteiger partial charge < -0.3 is 25.0 Å². The van der Waals surface area contributed by atoms with E-state index < -0.39 is 29.5 Å². The van der Waals surface area contributed by atoms with Crippen LogP contribution in [-0.4, -0.2) is 74.6 Å². The number of aliphatic imine (C=N–C) groups is 2. The zero-order valence-electron chi connectivity index (χ0n) is 11.0. The molecule has 0 aromatic carbocycles. The molecule has 1 fully saturated rings.